The molecule has 0 spiro atoms. The van der Waals surface area contributed by atoms with Crippen LogP contribution in [0.2, 0.25) is 5.02 Å². The number of Topliss-reactive ketones (excluding diaryl/α,β-unsaturated/α-hetero) is 1. The molecule has 0 aliphatic carbocycles. The zero-order chi connectivity index (χ0) is 14.5. The van der Waals surface area contributed by atoms with E-state index >= 15 is 0 Å². The molecule has 0 aliphatic heterocycles. The Kier molecular flexibility index (Phi) is 5.82. The van der Waals surface area contributed by atoms with Crippen molar-refractivity contribution in [2.45, 2.75) is 20.3 Å². The van der Waals surface area contributed by atoms with Gasteiger partial charge < -0.3 is 4.74 Å². The second kappa shape index (κ2) is 6.91. The Labute approximate surface area is 118 Å². The predicted octanol–water partition coefficient (Wildman–Crippen LogP) is 2.75. The van der Waals surface area contributed by atoms with E-state index in [1.165, 1.54) is 13.0 Å². The molecular formula is C13H17ClO4S. The van der Waals surface area contributed by atoms with Crippen molar-refractivity contribution in [3.05, 3.63) is 28.8 Å². The summed E-state index contributed by atoms with van der Waals surface area (Å²) in [5, 5.41) is 0.306. The van der Waals surface area contributed by atoms with Crippen molar-refractivity contribution in [1.29, 1.82) is 0 Å². The molecule has 0 fully saturated rings. The van der Waals surface area contributed by atoms with Gasteiger partial charge in [0, 0.05) is 5.56 Å². The van der Waals surface area contributed by atoms with Gasteiger partial charge in [-0.2, -0.15) is 0 Å². The zero-order valence-electron chi connectivity index (χ0n) is 11.0. The third kappa shape index (κ3) is 5.20. The Bertz CT molecular complexity index is 552. The molecule has 0 aromatic heterocycles. The molecule has 0 amide bonds. The van der Waals surface area contributed by atoms with E-state index in [0.29, 0.717) is 22.8 Å². The Morgan fingerprint density at radius 2 is 2.00 bits per heavy atom. The molecular weight excluding hydrogens is 288 g/mol. The van der Waals surface area contributed by atoms with E-state index in [0.717, 1.165) is 0 Å². The quantitative estimate of drug-likeness (QED) is 0.727. The van der Waals surface area contributed by atoms with Gasteiger partial charge >= 0.3 is 0 Å². The Balaban J connectivity index is 2.62. The summed E-state index contributed by atoms with van der Waals surface area (Å²) in [5.74, 6) is 0.427. The van der Waals surface area contributed by atoms with E-state index in [9.17, 15) is 13.2 Å². The van der Waals surface area contributed by atoms with Crippen molar-refractivity contribution in [2.75, 3.05) is 18.1 Å². The molecule has 0 saturated heterocycles. The predicted molar refractivity (Wildman–Crippen MR) is 75.9 cm³/mol. The molecule has 6 heteroatoms. The van der Waals surface area contributed by atoms with Crippen LogP contribution in [0.5, 0.6) is 5.75 Å². The van der Waals surface area contributed by atoms with Gasteiger partial charge in [-0.15, -0.1) is 0 Å². The largest absolute Gasteiger partial charge is 0.491 e. The summed E-state index contributed by atoms with van der Waals surface area (Å²) < 4.78 is 28.3. The van der Waals surface area contributed by atoms with E-state index in [1.54, 1.807) is 12.1 Å². The third-order valence-electron chi connectivity index (χ3n) is 2.51. The van der Waals surface area contributed by atoms with Crippen LogP contribution in [-0.4, -0.2) is 32.3 Å². The van der Waals surface area contributed by atoms with Crippen molar-refractivity contribution >= 4 is 27.2 Å². The van der Waals surface area contributed by atoms with E-state index < -0.39 is 9.84 Å². The molecule has 0 radical (unpaired) electrons. The number of rotatable bonds is 7. The second-order valence-electron chi connectivity index (χ2n) is 4.20. The SMILES string of the molecule is CCCS(=O)(=O)CCOc1ccc(C(C)=O)cc1Cl. The molecule has 1 rings (SSSR count). The molecule has 0 aliphatic rings. The monoisotopic (exact) mass is 304 g/mol. The number of ether oxygens (including phenoxy) is 1. The van der Waals surface area contributed by atoms with Crippen LogP contribution in [0.1, 0.15) is 30.6 Å². The van der Waals surface area contributed by atoms with Gasteiger partial charge in [-0.3, -0.25) is 4.79 Å². The smallest absolute Gasteiger partial charge is 0.159 e. The van der Waals surface area contributed by atoms with Crippen molar-refractivity contribution < 1.29 is 17.9 Å². The van der Waals surface area contributed by atoms with Crippen LogP contribution in [0.3, 0.4) is 0 Å². The maximum absolute atomic E-state index is 11.5. The fraction of sp³-hybridized carbons (Fsp3) is 0.462. The molecule has 0 saturated carbocycles. The highest BCUT2D eigenvalue weighted by atomic mass is 35.5. The standard InChI is InChI=1S/C13H17ClO4S/c1-3-7-19(16,17)8-6-18-13-5-4-11(10(2)15)9-12(13)14/h4-5,9H,3,6-8H2,1-2H3. The molecule has 106 valence electrons. The van der Waals surface area contributed by atoms with Gasteiger partial charge in [-0.05, 0) is 31.5 Å². The lowest BCUT2D eigenvalue weighted by atomic mass is 10.1. The number of hydrogen-bond donors (Lipinski definition) is 0. The Morgan fingerprint density at radius 1 is 1.32 bits per heavy atom. The molecule has 4 nitrogen and oxygen atoms in total. The van der Waals surface area contributed by atoms with Crippen molar-refractivity contribution in [2.24, 2.45) is 0 Å². The summed E-state index contributed by atoms with van der Waals surface area (Å²) in [6.45, 7) is 3.32. The first-order chi connectivity index (χ1) is 8.85. The number of carbonyl (C=O) groups excluding carboxylic acids is 1. The topological polar surface area (TPSA) is 60.4 Å². The summed E-state index contributed by atoms with van der Waals surface area (Å²) in [4.78, 5) is 11.1. The van der Waals surface area contributed by atoms with Gasteiger partial charge in [0.25, 0.3) is 0 Å². The van der Waals surface area contributed by atoms with Gasteiger partial charge in [0.05, 0.1) is 16.5 Å². The van der Waals surface area contributed by atoms with E-state index in [4.69, 9.17) is 16.3 Å². The fourth-order valence-corrected chi connectivity index (χ4v) is 2.93. The first-order valence-corrected chi connectivity index (χ1v) is 8.19. The van der Waals surface area contributed by atoms with Gasteiger partial charge in [0.15, 0.2) is 15.6 Å². The highest BCUT2D eigenvalue weighted by Crippen LogP contribution is 2.25. The lowest BCUT2D eigenvalue weighted by Crippen LogP contribution is -2.16. The van der Waals surface area contributed by atoms with E-state index in [-0.39, 0.29) is 23.9 Å². The summed E-state index contributed by atoms with van der Waals surface area (Å²) in [6.07, 6.45) is 0.594. The Hall–Kier alpha value is -1.07. The highest BCUT2D eigenvalue weighted by Gasteiger charge is 2.11. The average molecular weight is 305 g/mol. The maximum atomic E-state index is 11.5. The van der Waals surface area contributed by atoms with E-state index in [2.05, 4.69) is 0 Å². The Morgan fingerprint density at radius 3 is 2.53 bits per heavy atom. The van der Waals surface area contributed by atoms with Crippen LogP contribution in [-0.2, 0) is 9.84 Å². The van der Waals surface area contributed by atoms with Crippen LogP contribution in [0.25, 0.3) is 0 Å². The minimum Gasteiger partial charge on any atom is -0.491 e. The van der Waals surface area contributed by atoms with Crippen molar-refractivity contribution in [1.82, 2.24) is 0 Å². The molecule has 0 N–H and O–H groups in total. The number of halogens is 1. The number of ketones is 1. The number of hydrogen-bond acceptors (Lipinski definition) is 4. The second-order valence-corrected chi connectivity index (χ2v) is 6.91. The first kappa shape index (κ1) is 16.0. The number of carbonyl (C=O) groups is 1. The molecule has 1 aromatic carbocycles. The summed E-state index contributed by atoms with van der Waals surface area (Å²) >= 11 is 5.96. The average Bonchev–Trinajstić information content (AvgIpc) is 2.30. The van der Waals surface area contributed by atoms with Gasteiger partial charge in [-0.1, -0.05) is 18.5 Å². The van der Waals surface area contributed by atoms with Gasteiger partial charge in [0.1, 0.15) is 12.4 Å². The summed E-state index contributed by atoms with van der Waals surface area (Å²) in [7, 11) is -3.06. The third-order valence-corrected chi connectivity index (χ3v) is 4.62. The number of benzene rings is 1. The summed E-state index contributed by atoms with van der Waals surface area (Å²) in [6, 6.07) is 4.69. The minimum absolute atomic E-state index is 0.0361. The minimum atomic E-state index is -3.06. The van der Waals surface area contributed by atoms with Gasteiger partial charge in [-0.25, -0.2) is 8.42 Å². The highest BCUT2D eigenvalue weighted by molar-refractivity contribution is 7.91. The lowest BCUT2D eigenvalue weighted by molar-refractivity contribution is 0.101. The molecule has 0 atom stereocenters. The van der Waals surface area contributed by atoms with Crippen LogP contribution in [0, 0.1) is 0 Å². The molecule has 0 unspecified atom stereocenters. The normalized spacial score (nSPS) is 11.3. The summed E-state index contributed by atoms with van der Waals surface area (Å²) in [5.41, 5.74) is 0.496. The van der Waals surface area contributed by atoms with Crippen molar-refractivity contribution in [3.8, 4) is 5.75 Å². The maximum Gasteiger partial charge on any atom is 0.159 e. The lowest BCUT2D eigenvalue weighted by Gasteiger charge is -2.09. The fourth-order valence-electron chi connectivity index (χ4n) is 1.53. The molecule has 0 bridgehead atoms. The number of sulfone groups is 1. The first-order valence-electron chi connectivity index (χ1n) is 5.99. The van der Waals surface area contributed by atoms with Crippen LogP contribution < -0.4 is 4.74 Å². The van der Waals surface area contributed by atoms with Crippen LogP contribution in [0.4, 0.5) is 0 Å². The van der Waals surface area contributed by atoms with Crippen molar-refractivity contribution in [3.63, 3.8) is 0 Å². The van der Waals surface area contributed by atoms with Crippen LogP contribution >= 0.6 is 11.6 Å². The molecule has 0 heterocycles. The van der Waals surface area contributed by atoms with Gasteiger partial charge in [0.2, 0.25) is 0 Å². The molecule has 19 heavy (non-hydrogen) atoms. The van der Waals surface area contributed by atoms with Crippen LogP contribution in [0.15, 0.2) is 18.2 Å². The molecule has 1 aromatic rings. The zero-order valence-corrected chi connectivity index (χ0v) is 12.6. The van der Waals surface area contributed by atoms with E-state index in [1.807, 2.05) is 6.92 Å².